The van der Waals surface area contributed by atoms with Crippen LogP contribution in [0.15, 0.2) is 30.3 Å². The first-order valence-corrected chi connectivity index (χ1v) is 8.07. The van der Waals surface area contributed by atoms with Crippen LogP contribution in [0.4, 0.5) is 35.1 Å². The Bertz CT molecular complexity index is 1060. The van der Waals surface area contributed by atoms with E-state index in [4.69, 9.17) is 5.73 Å². The van der Waals surface area contributed by atoms with Crippen LogP contribution in [-0.2, 0) is 18.8 Å². The van der Waals surface area contributed by atoms with Gasteiger partial charge in [0.15, 0.2) is 17.5 Å². The van der Waals surface area contributed by atoms with Crippen LogP contribution >= 0.6 is 0 Å². The van der Waals surface area contributed by atoms with Crippen molar-refractivity contribution in [3.8, 4) is 11.4 Å². The summed E-state index contributed by atoms with van der Waals surface area (Å²) in [5.74, 6) is -4.10. The Labute approximate surface area is 158 Å². The van der Waals surface area contributed by atoms with Crippen molar-refractivity contribution < 1.29 is 35.1 Å². The molecule has 2 N–H and O–H groups in total. The number of halogens is 8. The number of aromatic nitrogens is 2. The van der Waals surface area contributed by atoms with Crippen molar-refractivity contribution in [2.75, 3.05) is 6.54 Å². The van der Waals surface area contributed by atoms with Gasteiger partial charge in [0.1, 0.15) is 0 Å². The highest BCUT2D eigenvalue weighted by Gasteiger charge is 2.37. The Morgan fingerprint density at radius 2 is 1.45 bits per heavy atom. The summed E-state index contributed by atoms with van der Waals surface area (Å²) in [6, 6.07) is 3.89. The minimum Gasteiger partial charge on any atom is -0.330 e. The highest BCUT2D eigenvalue weighted by molar-refractivity contribution is 5.84. The van der Waals surface area contributed by atoms with Crippen molar-refractivity contribution in [2.24, 2.45) is 5.73 Å². The minimum absolute atomic E-state index is 0.0523. The van der Waals surface area contributed by atoms with E-state index in [-0.39, 0.29) is 30.0 Å². The lowest BCUT2D eigenvalue weighted by Crippen LogP contribution is -2.13. The number of nitrogens with zero attached hydrogens (tertiary/aromatic N) is 2. The summed E-state index contributed by atoms with van der Waals surface area (Å²) >= 11 is 0. The van der Waals surface area contributed by atoms with E-state index < -0.39 is 46.0 Å². The second-order valence-corrected chi connectivity index (χ2v) is 6.05. The van der Waals surface area contributed by atoms with Crippen LogP contribution in [0, 0.1) is 11.6 Å². The van der Waals surface area contributed by atoms with Gasteiger partial charge < -0.3 is 5.73 Å². The Kier molecular flexibility index (Phi) is 5.20. The fraction of sp³-hybridized carbons (Fsp3) is 0.222. The maximum Gasteiger partial charge on any atom is 0.419 e. The van der Waals surface area contributed by atoms with Gasteiger partial charge in [0.05, 0.1) is 27.7 Å². The van der Waals surface area contributed by atoms with Gasteiger partial charge in [-0.2, -0.15) is 26.3 Å². The van der Waals surface area contributed by atoms with Gasteiger partial charge in [-0.05, 0) is 24.7 Å². The van der Waals surface area contributed by atoms with Crippen molar-refractivity contribution in [3.63, 3.8) is 0 Å². The maximum absolute atomic E-state index is 14.4. The van der Waals surface area contributed by atoms with E-state index in [1.807, 2.05) is 0 Å². The molecule has 0 saturated carbocycles. The summed E-state index contributed by atoms with van der Waals surface area (Å²) in [5.41, 5.74) is 1.98. The van der Waals surface area contributed by atoms with Gasteiger partial charge in [-0.15, -0.1) is 0 Å². The molecule has 0 unspecified atom stereocenters. The van der Waals surface area contributed by atoms with Gasteiger partial charge in [-0.1, -0.05) is 12.1 Å². The van der Waals surface area contributed by atoms with E-state index in [0.29, 0.717) is 6.07 Å². The quantitative estimate of drug-likeness (QED) is 0.598. The molecule has 1 aromatic heterocycles. The highest BCUT2D eigenvalue weighted by Crippen LogP contribution is 2.37. The average molecular weight is 421 g/mol. The molecule has 0 amide bonds. The van der Waals surface area contributed by atoms with E-state index in [1.165, 1.54) is 0 Å². The van der Waals surface area contributed by atoms with Crippen LogP contribution in [0.1, 0.15) is 16.8 Å². The van der Waals surface area contributed by atoms with Crippen molar-refractivity contribution in [3.05, 3.63) is 58.8 Å². The summed E-state index contributed by atoms with van der Waals surface area (Å²) in [4.78, 5) is 7.80. The fourth-order valence-electron chi connectivity index (χ4n) is 2.76. The summed E-state index contributed by atoms with van der Waals surface area (Å²) < 4.78 is 105. The standard InChI is InChI=1S/C18H11F8N3/c19-14-10(18(24,25)26)7-12-13(15(14)20)11(5-6-27)28-16(29-12)8-1-3-9(4-2-8)17(21,22)23/h1-4,7H,5-6,27H2. The average Bonchev–Trinajstić information content (AvgIpc) is 2.63. The number of alkyl halides is 6. The number of hydrogen-bond acceptors (Lipinski definition) is 3. The first kappa shape index (κ1) is 20.9. The van der Waals surface area contributed by atoms with E-state index in [9.17, 15) is 35.1 Å². The lowest BCUT2D eigenvalue weighted by Gasteiger charge is -2.14. The van der Waals surface area contributed by atoms with Crippen LogP contribution < -0.4 is 5.73 Å². The molecular weight excluding hydrogens is 410 g/mol. The Balaban J connectivity index is 2.25. The molecule has 1 heterocycles. The summed E-state index contributed by atoms with van der Waals surface area (Å²) in [6.07, 6.45) is -9.88. The molecule has 3 aromatic rings. The number of fused-ring (bicyclic) bond motifs is 1. The summed E-state index contributed by atoms with van der Waals surface area (Å²) in [5, 5.41) is -0.559. The third-order valence-electron chi connectivity index (χ3n) is 4.10. The van der Waals surface area contributed by atoms with Crippen molar-refractivity contribution in [1.82, 2.24) is 9.97 Å². The predicted molar refractivity (Wildman–Crippen MR) is 87.7 cm³/mol. The zero-order chi connectivity index (χ0) is 21.6. The topological polar surface area (TPSA) is 51.8 Å². The van der Waals surface area contributed by atoms with Gasteiger partial charge >= 0.3 is 12.4 Å². The molecule has 0 bridgehead atoms. The molecule has 154 valence electrons. The molecule has 0 fully saturated rings. The lowest BCUT2D eigenvalue weighted by molar-refractivity contribution is -0.140. The van der Waals surface area contributed by atoms with Crippen molar-refractivity contribution in [1.29, 1.82) is 0 Å². The molecular formula is C18H11F8N3. The SMILES string of the molecule is NCCc1nc(-c2ccc(C(F)(F)F)cc2)nc2cc(C(F)(F)F)c(F)c(F)c12. The largest absolute Gasteiger partial charge is 0.419 e. The molecule has 0 radical (unpaired) electrons. The van der Waals surface area contributed by atoms with Crippen LogP contribution in [0.2, 0.25) is 0 Å². The number of benzene rings is 2. The number of hydrogen-bond donors (Lipinski definition) is 1. The third kappa shape index (κ3) is 4.00. The second-order valence-electron chi connectivity index (χ2n) is 6.05. The molecule has 0 aliphatic rings. The lowest BCUT2D eigenvalue weighted by atomic mass is 10.0. The maximum atomic E-state index is 14.4. The van der Waals surface area contributed by atoms with Crippen LogP contribution in [0.5, 0.6) is 0 Å². The summed E-state index contributed by atoms with van der Waals surface area (Å²) in [7, 11) is 0. The number of nitrogens with two attached hydrogens (primary N) is 1. The Hall–Kier alpha value is -2.82. The molecule has 0 atom stereocenters. The molecule has 3 nitrogen and oxygen atoms in total. The predicted octanol–water partition coefficient (Wildman–Crippen LogP) is 5.11. The van der Waals surface area contributed by atoms with Crippen LogP contribution in [0.3, 0.4) is 0 Å². The van der Waals surface area contributed by atoms with E-state index in [0.717, 1.165) is 24.3 Å². The van der Waals surface area contributed by atoms with Crippen LogP contribution in [-0.4, -0.2) is 16.5 Å². The molecule has 0 aliphatic carbocycles. The van der Waals surface area contributed by atoms with Crippen molar-refractivity contribution >= 4 is 10.9 Å². The molecule has 2 aromatic carbocycles. The minimum atomic E-state index is -5.17. The summed E-state index contributed by atoms with van der Waals surface area (Å²) in [6.45, 7) is -0.0827. The fourth-order valence-corrected chi connectivity index (χ4v) is 2.76. The Morgan fingerprint density at radius 3 is 1.97 bits per heavy atom. The molecule has 11 heteroatoms. The van der Waals surface area contributed by atoms with Gasteiger partial charge in [-0.25, -0.2) is 18.7 Å². The zero-order valence-corrected chi connectivity index (χ0v) is 14.3. The smallest absolute Gasteiger partial charge is 0.330 e. The Morgan fingerprint density at radius 1 is 0.828 bits per heavy atom. The normalized spacial score (nSPS) is 12.6. The second kappa shape index (κ2) is 7.21. The van der Waals surface area contributed by atoms with Crippen molar-refractivity contribution in [2.45, 2.75) is 18.8 Å². The molecule has 0 saturated heterocycles. The molecule has 0 aliphatic heterocycles. The molecule has 29 heavy (non-hydrogen) atoms. The number of rotatable bonds is 3. The molecule has 0 spiro atoms. The van der Waals surface area contributed by atoms with Gasteiger partial charge in [-0.3, -0.25) is 0 Å². The highest BCUT2D eigenvalue weighted by atomic mass is 19.4. The van der Waals surface area contributed by atoms with Crippen LogP contribution in [0.25, 0.3) is 22.3 Å². The first-order valence-electron chi connectivity index (χ1n) is 8.07. The van der Waals surface area contributed by atoms with E-state index >= 15 is 0 Å². The first-order chi connectivity index (χ1) is 13.4. The van der Waals surface area contributed by atoms with E-state index in [1.54, 1.807) is 0 Å². The van der Waals surface area contributed by atoms with E-state index in [2.05, 4.69) is 9.97 Å². The molecule has 3 rings (SSSR count). The third-order valence-corrected chi connectivity index (χ3v) is 4.10. The zero-order valence-electron chi connectivity index (χ0n) is 14.3. The van der Waals surface area contributed by atoms with Gasteiger partial charge in [0.25, 0.3) is 0 Å². The monoisotopic (exact) mass is 421 g/mol. The van der Waals surface area contributed by atoms with Gasteiger partial charge in [0, 0.05) is 12.0 Å². The van der Waals surface area contributed by atoms with Gasteiger partial charge in [0.2, 0.25) is 0 Å².